The Hall–Kier alpha value is -4.64. The number of halogens is 2. The number of carbonyl (C=O) groups is 1. The van der Waals surface area contributed by atoms with Gasteiger partial charge in [-0.15, -0.1) is 11.3 Å². The van der Waals surface area contributed by atoms with Crippen LogP contribution in [-0.4, -0.2) is 80.5 Å². The molecule has 0 bridgehead atoms. The minimum atomic E-state index is -1.06. The largest absolute Gasteiger partial charge is 0.491 e. The molecule has 4 aromatic heterocycles. The molecule has 1 aromatic carbocycles. The third kappa shape index (κ3) is 5.63. The van der Waals surface area contributed by atoms with Gasteiger partial charge in [-0.1, -0.05) is 11.6 Å². The average Bonchev–Trinajstić information content (AvgIpc) is 3.73. The quantitative estimate of drug-likeness (QED) is 0.195. The van der Waals surface area contributed by atoms with Gasteiger partial charge in [0.15, 0.2) is 0 Å². The van der Waals surface area contributed by atoms with Crippen LogP contribution in [0.4, 0.5) is 10.2 Å². The minimum absolute atomic E-state index is 0.0296. The first-order chi connectivity index (χ1) is 23.2. The van der Waals surface area contributed by atoms with E-state index in [0.717, 1.165) is 31.5 Å². The van der Waals surface area contributed by atoms with Crippen LogP contribution in [0.25, 0.3) is 32.2 Å². The molecule has 1 aliphatic heterocycles. The highest BCUT2D eigenvalue weighted by Gasteiger charge is 2.48. The van der Waals surface area contributed by atoms with Crippen LogP contribution in [0, 0.1) is 18.3 Å². The maximum absolute atomic E-state index is 14.0. The molecule has 7 rings (SSSR count). The van der Waals surface area contributed by atoms with Crippen molar-refractivity contribution in [3.05, 3.63) is 74.4 Å². The van der Waals surface area contributed by atoms with Crippen LogP contribution in [0.15, 0.2) is 46.8 Å². The summed E-state index contributed by atoms with van der Waals surface area (Å²) in [5.74, 6) is 0.358. The number of piperazine rings is 1. The number of hydrogen-bond donors (Lipinski definition) is 1. The molecule has 0 amide bonds. The van der Waals surface area contributed by atoms with Crippen molar-refractivity contribution in [1.82, 2.24) is 24.4 Å². The average molecular weight is 688 g/mol. The fourth-order valence-electron chi connectivity index (χ4n) is 6.74. The number of aromatic carboxylic acids is 1. The molecule has 246 valence electrons. The van der Waals surface area contributed by atoms with Crippen LogP contribution in [0.3, 0.4) is 0 Å². The molecule has 0 radical (unpaired) electrons. The summed E-state index contributed by atoms with van der Waals surface area (Å²) in [4.78, 5) is 43.5. The number of ether oxygens (including phenoxy) is 1. The number of rotatable bonds is 10. The minimum Gasteiger partial charge on any atom is -0.491 e. The molecule has 5 aromatic rings. The summed E-state index contributed by atoms with van der Waals surface area (Å²) in [5, 5.41) is 22.1. The maximum Gasteiger partial charge on any atom is 0.338 e. The molecule has 5 heterocycles. The zero-order valence-electron chi connectivity index (χ0n) is 26.1. The summed E-state index contributed by atoms with van der Waals surface area (Å²) >= 11 is 7.65. The SMILES string of the molecule is Cc1nc2cnc(N3CCN(C4(CCF)CC4)CC3)c(C#N)c2c(=O)n1CCOc1ccc(Cl)cc1-c1ccnc2c(C(=O)O)csc12. The number of hydrogen-bond acceptors (Lipinski definition) is 10. The van der Waals surface area contributed by atoms with Gasteiger partial charge < -0.3 is 14.7 Å². The number of anilines is 1. The third-order valence-electron chi connectivity index (χ3n) is 9.41. The Balaban J connectivity index is 1.15. The number of carboxylic acid groups (broad SMARTS) is 1. The van der Waals surface area contributed by atoms with Crippen molar-refractivity contribution in [2.24, 2.45) is 0 Å². The fraction of sp³-hybridized carbons (Fsp3) is 0.353. The third-order valence-corrected chi connectivity index (χ3v) is 10.6. The Morgan fingerprint density at radius 3 is 2.69 bits per heavy atom. The first kappa shape index (κ1) is 31.9. The Labute approximate surface area is 283 Å². The van der Waals surface area contributed by atoms with Gasteiger partial charge in [0.1, 0.15) is 35.6 Å². The van der Waals surface area contributed by atoms with E-state index >= 15 is 0 Å². The molecule has 48 heavy (non-hydrogen) atoms. The summed E-state index contributed by atoms with van der Waals surface area (Å²) in [7, 11) is 0. The molecular formula is C34H31ClFN7O4S. The van der Waals surface area contributed by atoms with E-state index in [4.69, 9.17) is 16.3 Å². The van der Waals surface area contributed by atoms with E-state index in [0.29, 0.717) is 63.2 Å². The second kappa shape index (κ2) is 12.8. The van der Waals surface area contributed by atoms with E-state index in [1.807, 2.05) is 4.90 Å². The topological polar surface area (TPSA) is 137 Å². The number of fused-ring (bicyclic) bond motifs is 2. The number of benzene rings is 1. The lowest BCUT2D eigenvalue weighted by atomic mass is 10.0. The van der Waals surface area contributed by atoms with Gasteiger partial charge in [-0.05, 0) is 50.5 Å². The Kier molecular flexibility index (Phi) is 8.49. The molecule has 1 saturated heterocycles. The number of nitrogens with zero attached hydrogens (tertiary/aromatic N) is 7. The molecule has 2 fully saturated rings. The highest BCUT2D eigenvalue weighted by atomic mass is 35.5. The van der Waals surface area contributed by atoms with E-state index in [9.17, 15) is 24.3 Å². The van der Waals surface area contributed by atoms with Crippen molar-refractivity contribution in [2.75, 3.05) is 44.4 Å². The summed E-state index contributed by atoms with van der Waals surface area (Å²) in [5.41, 5.74) is 2.05. The Bertz CT molecular complexity index is 2170. The van der Waals surface area contributed by atoms with E-state index in [-0.39, 0.29) is 47.4 Å². The molecule has 11 nitrogen and oxygen atoms in total. The second-order valence-corrected chi connectivity index (χ2v) is 13.4. The smallest absolute Gasteiger partial charge is 0.338 e. The van der Waals surface area contributed by atoms with Gasteiger partial charge in [-0.2, -0.15) is 5.26 Å². The molecule has 0 atom stereocenters. The predicted octanol–water partition coefficient (Wildman–Crippen LogP) is 5.69. The van der Waals surface area contributed by atoms with E-state index in [1.165, 1.54) is 15.9 Å². The number of alkyl halides is 1. The lowest BCUT2D eigenvalue weighted by Gasteiger charge is -2.40. The van der Waals surface area contributed by atoms with Crippen LogP contribution in [-0.2, 0) is 6.54 Å². The number of carboxylic acids is 1. The predicted molar refractivity (Wildman–Crippen MR) is 182 cm³/mol. The Morgan fingerprint density at radius 1 is 1.19 bits per heavy atom. The molecule has 1 saturated carbocycles. The standard InChI is InChI=1S/C34H31ClFN7O4S/c1-20-40-26-18-39-31(41-10-12-42(13-11-41)34(5-6-34)7-8-36)24(17-37)28(26)32(44)43(20)14-15-47-27-3-2-21(35)16-23(27)22-4-9-38-29-25(33(45)46)19-48-30(22)29/h2-4,9,16,18-19H,5-8,10-15H2,1H3,(H,45,46). The molecular weight excluding hydrogens is 657 g/mol. The van der Waals surface area contributed by atoms with Gasteiger partial charge in [0.2, 0.25) is 0 Å². The van der Waals surface area contributed by atoms with Crippen molar-refractivity contribution in [1.29, 1.82) is 5.26 Å². The summed E-state index contributed by atoms with van der Waals surface area (Å²) in [6.45, 7) is 4.38. The number of aryl methyl sites for hydroxylation is 1. The molecule has 1 N–H and O–H groups in total. The molecule has 0 unspecified atom stereocenters. The first-order valence-electron chi connectivity index (χ1n) is 15.6. The van der Waals surface area contributed by atoms with E-state index in [1.54, 1.807) is 49.0 Å². The summed E-state index contributed by atoms with van der Waals surface area (Å²) < 4.78 is 21.6. The van der Waals surface area contributed by atoms with E-state index in [2.05, 4.69) is 25.9 Å². The van der Waals surface area contributed by atoms with Gasteiger partial charge in [-0.3, -0.25) is 23.6 Å². The van der Waals surface area contributed by atoms with Crippen LogP contribution in [0.1, 0.15) is 41.0 Å². The van der Waals surface area contributed by atoms with Gasteiger partial charge in [0, 0.05) is 59.4 Å². The molecule has 14 heteroatoms. The highest BCUT2D eigenvalue weighted by Crippen LogP contribution is 2.45. The zero-order chi connectivity index (χ0) is 33.6. The van der Waals surface area contributed by atoms with Gasteiger partial charge in [0.05, 0.1) is 46.1 Å². The van der Waals surface area contributed by atoms with Gasteiger partial charge in [-0.25, -0.2) is 14.8 Å². The molecule has 2 aliphatic rings. The van der Waals surface area contributed by atoms with Crippen LogP contribution >= 0.6 is 22.9 Å². The zero-order valence-corrected chi connectivity index (χ0v) is 27.7. The number of pyridine rings is 2. The monoisotopic (exact) mass is 687 g/mol. The Morgan fingerprint density at radius 2 is 1.98 bits per heavy atom. The number of thiophene rings is 1. The van der Waals surface area contributed by atoms with Crippen molar-refractivity contribution >= 4 is 55.8 Å². The van der Waals surface area contributed by atoms with Gasteiger partial charge >= 0.3 is 5.97 Å². The lowest BCUT2D eigenvalue weighted by molar-refractivity contribution is 0.0699. The van der Waals surface area contributed by atoms with Crippen LogP contribution in [0.2, 0.25) is 5.02 Å². The summed E-state index contributed by atoms with van der Waals surface area (Å²) in [6.07, 6.45) is 5.68. The molecule has 1 aliphatic carbocycles. The number of aromatic nitrogens is 4. The van der Waals surface area contributed by atoms with Crippen molar-refractivity contribution < 1.29 is 19.0 Å². The molecule has 0 spiro atoms. The van der Waals surface area contributed by atoms with Gasteiger partial charge in [0.25, 0.3) is 5.56 Å². The maximum atomic E-state index is 14.0. The highest BCUT2D eigenvalue weighted by molar-refractivity contribution is 7.18. The van der Waals surface area contributed by atoms with Crippen molar-refractivity contribution in [3.8, 4) is 22.9 Å². The fourth-order valence-corrected chi connectivity index (χ4v) is 7.94. The lowest BCUT2D eigenvalue weighted by Crippen LogP contribution is -2.52. The summed E-state index contributed by atoms with van der Waals surface area (Å²) in [6, 6.07) is 9.20. The first-order valence-corrected chi connectivity index (χ1v) is 16.9. The normalized spacial score (nSPS) is 15.9. The second-order valence-electron chi connectivity index (χ2n) is 12.1. The van der Waals surface area contributed by atoms with Crippen LogP contribution < -0.4 is 15.2 Å². The van der Waals surface area contributed by atoms with Crippen molar-refractivity contribution in [3.63, 3.8) is 0 Å². The van der Waals surface area contributed by atoms with Crippen LogP contribution in [0.5, 0.6) is 5.75 Å². The van der Waals surface area contributed by atoms with Crippen molar-refractivity contribution in [2.45, 2.75) is 38.3 Å². The van der Waals surface area contributed by atoms with E-state index < -0.39 is 5.97 Å². The number of nitriles is 1.